The van der Waals surface area contributed by atoms with E-state index < -0.39 is 0 Å². The second kappa shape index (κ2) is 3.92. The van der Waals surface area contributed by atoms with Gasteiger partial charge >= 0.3 is 0 Å². The highest BCUT2D eigenvalue weighted by Crippen LogP contribution is 2.14. The molecule has 3 heteroatoms. The van der Waals surface area contributed by atoms with Crippen molar-refractivity contribution >= 4 is 0 Å². The number of hydrogen-bond donors (Lipinski definition) is 2. The summed E-state index contributed by atoms with van der Waals surface area (Å²) in [4.78, 5) is 2.21. The van der Waals surface area contributed by atoms with Crippen LogP contribution in [0.3, 0.4) is 0 Å². The number of rotatable bonds is 2. The van der Waals surface area contributed by atoms with Crippen LogP contribution < -0.4 is 11.5 Å². The molecule has 1 fully saturated rings. The van der Waals surface area contributed by atoms with Crippen LogP contribution in [0.1, 0.15) is 19.8 Å². The van der Waals surface area contributed by atoms with Gasteiger partial charge in [-0.15, -0.1) is 0 Å². The van der Waals surface area contributed by atoms with Crippen molar-refractivity contribution in [2.24, 2.45) is 11.5 Å². The highest BCUT2D eigenvalue weighted by Gasteiger charge is 2.18. The second-order valence-electron chi connectivity index (χ2n) is 3.63. The second-order valence-corrected chi connectivity index (χ2v) is 3.63. The molecule has 4 N–H and O–H groups in total. The van der Waals surface area contributed by atoms with Crippen LogP contribution >= 0.6 is 0 Å². The fourth-order valence-electron chi connectivity index (χ4n) is 1.56. The van der Waals surface area contributed by atoms with Crippen molar-refractivity contribution < 1.29 is 0 Å². The van der Waals surface area contributed by atoms with Gasteiger partial charge in [0.15, 0.2) is 0 Å². The molecule has 0 saturated carbocycles. The molecule has 2 atom stereocenters. The summed E-state index contributed by atoms with van der Waals surface area (Å²) < 4.78 is 0. The number of hydrogen-bond acceptors (Lipinski definition) is 3. The van der Waals surface area contributed by atoms with Crippen molar-refractivity contribution in [1.82, 2.24) is 4.90 Å². The normalized spacial score (nSPS) is 26.9. The molecule has 1 saturated heterocycles. The Kier molecular flexibility index (Phi) is 3.12. The lowest BCUT2D eigenvalue weighted by Gasteiger charge is -2.35. The van der Waals surface area contributed by atoms with Gasteiger partial charge in [0.25, 0.3) is 0 Å². The van der Waals surface area contributed by atoms with Crippen LogP contribution in [0, 0.1) is 0 Å². The molecule has 0 bridgehead atoms. The van der Waals surface area contributed by atoms with Crippen LogP contribution in [-0.2, 0) is 0 Å². The van der Waals surface area contributed by atoms with Crippen molar-refractivity contribution in [3.8, 4) is 0 Å². The van der Waals surface area contributed by atoms with Crippen LogP contribution in [0.4, 0.5) is 0 Å². The summed E-state index contributed by atoms with van der Waals surface area (Å²) in [5.41, 5.74) is 12.6. The lowest BCUT2D eigenvalue weighted by atomic mass is 10.1. The average Bonchev–Trinajstić information content (AvgIpc) is 2.03. The first-order valence-corrected chi connectivity index (χ1v) is 4.56. The monoisotopic (exact) mass is 169 g/mol. The van der Waals surface area contributed by atoms with Crippen molar-refractivity contribution in [3.63, 3.8) is 0 Å². The van der Waals surface area contributed by atoms with Crippen LogP contribution in [0.2, 0.25) is 0 Å². The van der Waals surface area contributed by atoms with E-state index in [4.69, 9.17) is 11.5 Å². The minimum atomic E-state index is 0.0512. The molecule has 0 aromatic heterocycles. The first kappa shape index (κ1) is 9.55. The largest absolute Gasteiger partial charge is 0.372 e. The minimum absolute atomic E-state index is 0.0512. The van der Waals surface area contributed by atoms with Crippen molar-refractivity contribution in [3.05, 3.63) is 12.3 Å². The van der Waals surface area contributed by atoms with E-state index in [2.05, 4.69) is 11.5 Å². The van der Waals surface area contributed by atoms with E-state index in [9.17, 15) is 0 Å². The van der Waals surface area contributed by atoms with Gasteiger partial charge in [-0.25, -0.2) is 0 Å². The molecule has 0 radical (unpaired) electrons. The Balaban J connectivity index is 2.46. The summed E-state index contributed by atoms with van der Waals surface area (Å²) in [7, 11) is 0. The van der Waals surface area contributed by atoms with E-state index >= 15 is 0 Å². The first-order chi connectivity index (χ1) is 5.61. The van der Waals surface area contributed by atoms with Crippen LogP contribution in [0.5, 0.6) is 0 Å². The minimum Gasteiger partial charge on any atom is -0.372 e. The lowest BCUT2D eigenvalue weighted by Crippen LogP contribution is -2.44. The third-order valence-electron chi connectivity index (χ3n) is 2.39. The molecule has 1 aliphatic heterocycles. The smallest absolute Gasteiger partial charge is 0.0411 e. The van der Waals surface area contributed by atoms with Crippen molar-refractivity contribution in [2.45, 2.75) is 31.8 Å². The predicted molar refractivity (Wildman–Crippen MR) is 51.6 cm³/mol. The molecule has 0 amide bonds. The highest BCUT2D eigenvalue weighted by molar-refractivity contribution is 5.03. The Labute approximate surface area is 74.4 Å². The van der Waals surface area contributed by atoms with E-state index in [1.807, 2.05) is 6.92 Å². The van der Waals surface area contributed by atoms with E-state index in [1.165, 1.54) is 0 Å². The van der Waals surface area contributed by atoms with Crippen molar-refractivity contribution in [1.29, 1.82) is 0 Å². The van der Waals surface area contributed by atoms with Crippen LogP contribution in [0.15, 0.2) is 12.3 Å². The van der Waals surface area contributed by atoms with Crippen molar-refractivity contribution in [2.75, 3.05) is 13.1 Å². The SMILES string of the molecule is C=C(C(C)N)N1CCCC(N)C1. The Morgan fingerprint density at radius 3 is 2.83 bits per heavy atom. The van der Waals surface area contributed by atoms with Gasteiger partial charge in [0.1, 0.15) is 0 Å². The molecule has 0 aromatic carbocycles. The standard InChI is InChI=1S/C9H19N3/c1-7(10)8(2)12-5-3-4-9(11)6-12/h7,9H,2-6,10-11H2,1H3. The molecule has 0 aliphatic carbocycles. The lowest BCUT2D eigenvalue weighted by molar-refractivity contribution is 0.249. The Morgan fingerprint density at radius 1 is 1.67 bits per heavy atom. The van der Waals surface area contributed by atoms with Gasteiger partial charge < -0.3 is 16.4 Å². The number of nitrogens with zero attached hydrogens (tertiary/aromatic N) is 1. The molecule has 1 rings (SSSR count). The number of likely N-dealkylation sites (tertiary alicyclic amines) is 1. The maximum Gasteiger partial charge on any atom is 0.0411 e. The third kappa shape index (κ3) is 2.22. The zero-order valence-corrected chi connectivity index (χ0v) is 7.79. The maximum absolute atomic E-state index is 5.84. The number of piperidine rings is 1. The molecule has 0 spiro atoms. The fraction of sp³-hybridized carbons (Fsp3) is 0.778. The van der Waals surface area contributed by atoms with Gasteiger partial charge in [-0.05, 0) is 19.8 Å². The third-order valence-corrected chi connectivity index (χ3v) is 2.39. The zero-order valence-electron chi connectivity index (χ0n) is 7.79. The van der Waals surface area contributed by atoms with Gasteiger partial charge in [0.2, 0.25) is 0 Å². The zero-order chi connectivity index (χ0) is 9.14. The van der Waals surface area contributed by atoms with Gasteiger partial charge in [-0.1, -0.05) is 6.58 Å². The average molecular weight is 169 g/mol. The molecule has 1 heterocycles. The molecule has 1 aliphatic rings. The van der Waals surface area contributed by atoms with E-state index in [-0.39, 0.29) is 6.04 Å². The predicted octanol–water partition coefficient (Wildman–Crippen LogP) is 0.270. The van der Waals surface area contributed by atoms with Crippen LogP contribution in [0.25, 0.3) is 0 Å². The molecular weight excluding hydrogens is 150 g/mol. The van der Waals surface area contributed by atoms with Crippen LogP contribution in [-0.4, -0.2) is 30.1 Å². The summed E-state index contributed by atoms with van der Waals surface area (Å²) in [6, 6.07) is 0.351. The Bertz CT molecular complexity index is 165. The van der Waals surface area contributed by atoms with E-state index in [1.54, 1.807) is 0 Å². The quantitative estimate of drug-likeness (QED) is 0.624. The molecular formula is C9H19N3. The Morgan fingerprint density at radius 2 is 2.33 bits per heavy atom. The van der Waals surface area contributed by atoms with Gasteiger partial charge in [0.05, 0.1) is 0 Å². The summed E-state index contributed by atoms with van der Waals surface area (Å²) in [5, 5.41) is 0. The Hall–Kier alpha value is -0.540. The summed E-state index contributed by atoms with van der Waals surface area (Å²) in [6.07, 6.45) is 2.29. The van der Waals surface area contributed by atoms with Gasteiger partial charge in [-0.2, -0.15) is 0 Å². The summed E-state index contributed by atoms with van der Waals surface area (Å²) in [5.74, 6) is 0. The first-order valence-electron chi connectivity index (χ1n) is 4.56. The van der Waals surface area contributed by atoms with E-state index in [0.29, 0.717) is 6.04 Å². The summed E-state index contributed by atoms with van der Waals surface area (Å²) >= 11 is 0. The fourth-order valence-corrected chi connectivity index (χ4v) is 1.56. The maximum atomic E-state index is 5.84. The van der Waals surface area contributed by atoms with Gasteiger partial charge in [0, 0.05) is 30.9 Å². The topological polar surface area (TPSA) is 55.3 Å². The highest BCUT2D eigenvalue weighted by atomic mass is 15.2. The van der Waals surface area contributed by atoms with E-state index in [0.717, 1.165) is 31.6 Å². The van der Waals surface area contributed by atoms with Gasteiger partial charge in [-0.3, -0.25) is 0 Å². The molecule has 3 nitrogen and oxygen atoms in total. The summed E-state index contributed by atoms with van der Waals surface area (Å²) in [6.45, 7) is 7.90. The molecule has 2 unspecified atom stereocenters. The molecule has 70 valence electrons. The number of nitrogens with two attached hydrogens (primary N) is 2. The molecule has 12 heavy (non-hydrogen) atoms. The molecule has 0 aromatic rings.